The van der Waals surface area contributed by atoms with E-state index in [-0.39, 0.29) is 5.75 Å². The first-order valence-corrected chi connectivity index (χ1v) is 8.57. The van der Waals surface area contributed by atoms with Crippen LogP contribution in [0.3, 0.4) is 0 Å². The molecule has 7 heteroatoms. The van der Waals surface area contributed by atoms with Gasteiger partial charge in [-0.1, -0.05) is 32.6 Å². The molecule has 1 unspecified atom stereocenters. The van der Waals surface area contributed by atoms with Crippen molar-refractivity contribution in [2.75, 3.05) is 5.75 Å². The molecule has 0 aliphatic carbocycles. The molecule has 0 saturated heterocycles. The van der Waals surface area contributed by atoms with Crippen LogP contribution in [0.1, 0.15) is 58.3 Å². The van der Waals surface area contributed by atoms with E-state index in [1.807, 2.05) is 0 Å². The molecule has 21 heavy (non-hydrogen) atoms. The summed E-state index contributed by atoms with van der Waals surface area (Å²) in [5, 5.41) is 1.39. The van der Waals surface area contributed by atoms with Crippen molar-refractivity contribution in [3.63, 3.8) is 0 Å². The van der Waals surface area contributed by atoms with Gasteiger partial charge in [0.1, 0.15) is 11.2 Å². The maximum absolute atomic E-state index is 12.6. The summed E-state index contributed by atoms with van der Waals surface area (Å²) in [6.45, 7) is 2.12. The van der Waals surface area contributed by atoms with Crippen molar-refractivity contribution in [3.05, 3.63) is 11.5 Å². The summed E-state index contributed by atoms with van der Waals surface area (Å²) in [5.41, 5.74) is 0. The quantitative estimate of drug-likeness (QED) is 0.274. The number of rotatable bonds is 11. The number of alkyl halides is 5. The zero-order valence-corrected chi connectivity index (χ0v) is 13.0. The third-order valence-corrected chi connectivity index (χ3v) is 4.16. The lowest BCUT2D eigenvalue weighted by Gasteiger charge is -2.19. The number of hydrogen-bond donors (Lipinski definition) is 0. The van der Waals surface area contributed by atoms with Crippen molar-refractivity contribution >= 4 is 11.2 Å². The van der Waals surface area contributed by atoms with E-state index < -0.39 is 36.1 Å². The molecule has 0 aliphatic rings. The lowest BCUT2D eigenvalue weighted by atomic mass is 10.1. The topological polar surface area (TPSA) is 23.1 Å². The van der Waals surface area contributed by atoms with Gasteiger partial charge in [0.05, 0.1) is 0 Å². The Hall–Kier alpha value is -0.300. The number of unbranched alkanes of at least 4 members (excludes halogenated alkanes) is 5. The molecule has 0 heterocycles. The van der Waals surface area contributed by atoms with Crippen LogP contribution in [0.15, 0.2) is 11.5 Å². The molecule has 0 aromatic rings. The largest absolute Gasteiger partial charge is 0.612 e. The SMILES string of the molecule is CCCCCCCC=C[S+]([O-])CCCC(F)(F)C(F)(F)F. The fraction of sp³-hybridized carbons (Fsp3) is 0.857. The highest BCUT2D eigenvalue weighted by atomic mass is 32.2. The molecule has 0 amide bonds. The van der Waals surface area contributed by atoms with Crippen LogP contribution in [0.25, 0.3) is 0 Å². The molecule has 0 N–H and O–H groups in total. The van der Waals surface area contributed by atoms with Gasteiger partial charge in [-0.3, -0.25) is 0 Å². The summed E-state index contributed by atoms with van der Waals surface area (Å²) in [7, 11) is 0. The fourth-order valence-corrected chi connectivity index (χ4v) is 2.60. The van der Waals surface area contributed by atoms with Crippen LogP contribution in [-0.2, 0) is 11.2 Å². The smallest absolute Gasteiger partial charge is 0.453 e. The van der Waals surface area contributed by atoms with Gasteiger partial charge >= 0.3 is 12.1 Å². The van der Waals surface area contributed by atoms with Crippen molar-refractivity contribution in [1.82, 2.24) is 0 Å². The predicted molar refractivity (Wildman–Crippen MR) is 75.8 cm³/mol. The van der Waals surface area contributed by atoms with Crippen molar-refractivity contribution < 1.29 is 26.5 Å². The van der Waals surface area contributed by atoms with Crippen LogP contribution in [0.2, 0.25) is 0 Å². The Morgan fingerprint density at radius 2 is 1.57 bits per heavy atom. The lowest BCUT2D eigenvalue weighted by molar-refractivity contribution is -0.284. The van der Waals surface area contributed by atoms with Crippen molar-refractivity contribution in [3.8, 4) is 0 Å². The maximum atomic E-state index is 12.6. The molecule has 0 aliphatic heterocycles. The van der Waals surface area contributed by atoms with E-state index >= 15 is 0 Å². The van der Waals surface area contributed by atoms with Crippen LogP contribution in [-0.4, -0.2) is 22.4 Å². The minimum Gasteiger partial charge on any atom is -0.612 e. The summed E-state index contributed by atoms with van der Waals surface area (Å²) in [4.78, 5) is 0. The average Bonchev–Trinajstić information content (AvgIpc) is 2.36. The van der Waals surface area contributed by atoms with Crippen LogP contribution < -0.4 is 0 Å². The fourth-order valence-electron chi connectivity index (χ4n) is 1.69. The highest BCUT2D eigenvalue weighted by Gasteiger charge is 2.56. The van der Waals surface area contributed by atoms with Gasteiger partial charge in [0.2, 0.25) is 0 Å². The Labute approximate surface area is 126 Å². The zero-order valence-electron chi connectivity index (χ0n) is 12.2. The molecular formula is C14H23F5OS. The second-order valence-corrected chi connectivity index (χ2v) is 6.41. The Morgan fingerprint density at radius 1 is 0.952 bits per heavy atom. The summed E-state index contributed by atoms with van der Waals surface area (Å²) >= 11 is -1.47. The molecule has 0 fully saturated rings. The zero-order chi connectivity index (χ0) is 16.4. The molecule has 0 aromatic heterocycles. The van der Waals surface area contributed by atoms with Gasteiger partial charge in [-0.2, -0.15) is 22.0 Å². The molecule has 0 rings (SSSR count). The number of halogens is 5. The number of allylic oxidation sites excluding steroid dienone is 1. The van der Waals surface area contributed by atoms with Crippen LogP contribution in [0, 0.1) is 0 Å². The summed E-state index contributed by atoms with van der Waals surface area (Å²) in [6, 6.07) is 0. The highest BCUT2D eigenvalue weighted by Crippen LogP contribution is 2.38. The van der Waals surface area contributed by atoms with Gasteiger partial charge in [0.25, 0.3) is 0 Å². The Bertz CT molecular complexity index is 292. The van der Waals surface area contributed by atoms with E-state index in [1.54, 1.807) is 6.08 Å². The summed E-state index contributed by atoms with van der Waals surface area (Å²) in [6.07, 6.45) is 0.766. The molecule has 0 saturated carbocycles. The van der Waals surface area contributed by atoms with E-state index in [1.165, 1.54) is 11.8 Å². The van der Waals surface area contributed by atoms with Gasteiger partial charge in [-0.25, -0.2) is 0 Å². The molecule has 0 radical (unpaired) electrons. The first-order chi connectivity index (χ1) is 9.70. The first kappa shape index (κ1) is 20.7. The van der Waals surface area contributed by atoms with Crippen molar-refractivity contribution in [1.29, 1.82) is 0 Å². The second-order valence-electron chi connectivity index (χ2n) is 4.97. The van der Waals surface area contributed by atoms with E-state index in [0.29, 0.717) is 0 Å². The van der Waals surface area contributed by atoms with Gasteiger partial charge in [0.15, 0.2) is 0 Å². The first-order valence-electron chi connectivity index (χ1n) is 7.19. The molecule has 0 aromatic carbocycles. The summed E-state index contributed by atoms with van der Waals surface area (Å²) in [5.74, 6) is -4.86. The third kappa shape index (κ3) is 10.1. The highest BCUT2D eigenvalue weighted by molar-refractivity contribution is 7.94. The summed E-state index contributed by atoms with van der Waals surface area (Å²) < 4.78 is 72.3. The van der Waals surface area contributed by atoms with E-state index in [4.69, 9.17) is 0 Å². The predicted octanol–water partition coefficient (Wildman–Crippen LogP) is 5.59. The normalized spacial score (nSPS) is 14.8. The molecular weight excluding hydrogens is 311 g/mol. The lowest BCUT2D eigenvalue weighted by Crippen LogP contribution is -2.36. The molecule has 0 spiro atoms. The third-order valence-electron chi connectivity index (χ3n) is 2.97. The maximum Gasteiger partial charge on any atom is 0.453 e. The van der Waals surface area contributed by atoms with E-state index in [0.717, 1.165) is 32.1 Å². The molecule has 0 bridgehead atoms. The Kier molecular flexibility index (Phi) is 10.3. The van der Waals surface area contributed by atoms with Gasteiger partial charge in [0, 0.05) is 6.42 Å². The van der Waals surface area contributed by atoms with Crippen molar-refractivity contribution in [2.24, 2.45) is 0 Å². The standard InChI is InChI=1S/C14H23F5OS/c1-2-3-4-5-6-7-8-11-21(20)12-9-10-13(15,16)14(17,18)19/h8,11H,2-7,9-10,12H2,1H3. The van der Waals surface area contributed by atoms with Crippen LogP contribution in [0.4, 0.5) is 22.0 Å². The van der Waals surface area contributed by atoms with Crippen LogP contribution >= 0.6 is 0 Å². The molecule has 1 atom stereocenters. The second kappa shape index (κ2) is 10.4. The number of hydrogen-bond acceptors (Lipinski definition) is 1. The molecule has 1 nitrogen and oxygen atoms in total. The monoisotopic (exact) mass is 334 g/mol. The van der Waals surface area contributed by atoms with E-state index in [9.17, 15) is 26.5 Å². The van der Waals surface area contributed by atoms with Gasteiger partial charge in [-0.15, -0.1) is 0 Å². The minimum atomic E-state index is -5.52. The van der Waals surface area contributed by atoms with Crippen LogP contribution in [0.5, 0.6) is 0 Å². The van der Waals surface area contributed by atoms with Gasteiger partial charge < -0.3 is 4.55 Å². The van der Waals surface area contributed by atoms with E-state index in [2.05, 4.69) is 6.92 Å². The van der Waals surface area contributed by atoms with Gasteiger partial charge in [-0.05, 0) is 36.5 Å². The van der Waals surface area contributed by atoms with Crippen molar-refractivity contribution in [2.45, 2.75) is 70.4 Å². The minimum absolute atomic E-state index is 0.169. The average molecular weight is 334 g/mol. The molecule has 126 valence electrons. The Morgan fingerprint density at radius 3 is 2.14 bits per heavy atom. The Balaban J connectivity index is 3.73.